The molecule has 5 aromatic heterocycles. The largest absolute Gasteiger partial charge is 0.323 e. The number of imidazole rings is 1. The van der Waals surface area contributed by atoms with E-state index in [1.807, 2.05) is 82.8 Å². The van der Waals surface area contributed by atoms with Gasteiger partial charge in [0.15, 0.2) is 0 Å². The van der Waals surface area contributed by atoms with Gasteiger partial charge < -0.3 is 15.0 Å². The first-order chi connectivity index (χ1) is 16.5. The molecule has 0 bridgehead atoms. The predicted octanol–water partition coefficient (Wildman–Crippen LogP) is 3.90. The molecule has 7 nitrogen and oxygen atoms in total. The molecule has 168 valence electrons. The number of fused-ring (bicyclic) bond motifs is 2. The van der Waals surface area contributed by atoms with Crippen molar-refractivity contribution in [1.82, 2.24) is 24.1 Å². The van der Waals surface area contributed by atoms with Crippen LogP contribution in [0.3, 0.4) is 0 Å². The fourth-order valence-corrected chi connectivity index (χ4v) is 3.86. The second-order valence-electron chi connectivity index (χ2n) is 8.08. The van der Waals surface area contributed by atoms with Crippen LogP contribution in [-0.2, 0) is 4.79 Å². The number of aryl methyl sites for hydroxylation is 1. The Morgan fingerprint density at radius 3 is 2.74 bits per heavy atom. The summed E-state index contributed by atoms with van der Waals surface area (Å²) in [6.45, 7) is 3.77. The summed E-state index contributed by atoms with van der Waals surface area (Å²) < 4.78 is 4.06. The highest BCUT2D eigenvalue weighted by Gasteiger charge is 2.17. The number of anilines is 1. The molecule has 0 fully saturated rings. The molecule has 34 heavy (non-hydrogen) atoms. The first kappa shape index (κ1) is 21.4. The third kappa shape index (κ3) is 4.03. The molecule has 0 saturated heterocycles. The lowest BCUT2D eigenvalue weighted by molar-refractivity contribution is -0.117. The third-order valence-electron chi connectivity index (χ3n) is 5.78. The van der Waals surface area contributed by atoms with Crippen LogP contribution in [0, 0.1) is 18.8 Å². The maximum Gasteiger partial charge on any atom is 0.242 e. The summed E-state index contributed by atoms with van der Waals surface area (Å²) >= 11 is 0. The zero-order valence-corrected chi connectivity index (χ0v) is 19.2. The average Bonchev–Trinajstić information content (AvgIpc) is 3.45. The monoisotopic (exact) mass is 448 g/mol. The number of hydrogen-bond acceptors (Lipinski definition) is 4. The molecule has 7 heteroatoms. The van der Waals surface area contributed by atoms with Crippen molar-refractivity contribution < 1.29 is 4.79 Å². The lowest BCUT2D eigenvalue weighted by Crippen LogP contribution is -2.35. The molecule has 1 unspecified atom stereocenters. The molecule has 0 aliphatic rings. The number of likely N-dealkylation sites (N-methyl/N-ethyl adjacent to an activating group) is 1. The minimum absolute atomic E-state index is 0.161. The highest BCUT2D eigenvalue weighted by Crippen LogP contribution is 2.28. The highest BCUT2D eigenvalue weighted by atomic mass is 16.2. The SMILES string of the molecule is CNC(C)C(=O)Nc1ccc(-c2c(C)nc3ccccn23)c(C#Cc2ccc3cccn3c2)n1. The molecule has 5 heterocycles. The van der Waals surface area contributed by atoms with Gasteiger partial charge in [-0.15, -0.1) is 0 Å². The first-order valence-electron chi connectivity index (χ1n) is 11.1. The Kier molecular flexibility index (Phi) is 5.58. The van der Waals surface area contributed by atoms with E-state index in [-0.39, 0.29) is 11.9 Å². The zero-order valence-electron chi connectivity index (χ0n) is 19.2. The molecule has 0 radical (unpaired) electrons. The summed E-state index contributed by atoms with van der Waals surface area (Å²) in [5.74, 6) is 6.77. The van der Waals surface area contributed by atoms with Crippen LogP contribution in [0.1, 0.15) is 23.9 Å². The van der Waals surface area contributed by atoms with Crippen LogP contribution in [0.4, 0.5) is 5.82 Å². The molecule has 0 aliphatic carbocycles. The zero-order chi connectivity index (χ0) is 23.7. The van der Waals surface area contributed by atoms with E-state index < -0.39 is 0 Å². The van der Waals surface area contributed by atoms with Gasteiger partial charge in [0.2, 0.25) is 5.91 Å². The summed E-state index contributed by atoms with van der Waals surface area (Å²) in [5.41, 5.74) is 6.05. The van der Waals surface area contributed by atoms with E-state index in [9.17, 15) is 4.79 Å². The Labute approximate surface area is 197 Å². The predicted molar refractivity (Wildman–Crippen MR) is 134 cm³/mol. The first-order valence-corrected chi connectivity index (χ1v) is 11.1. The minimum atomic E-state index is -0.342. The normalized spacial score (nSPS) is 11.9. The number of pyridine rings is 3. The van der Waals surface area contributed by atoms with Crippen LogP contribution in [-0.4, -0.2) is 37.8 Å². The van der Waals surface area contributed by atoms with Gasteiger partial charge in [-0.2, -0.15) is 0 Å². The molecule has 2 N–H and O–H groups in total. The Morgan fingerprint density at radius 2 is 1.88 bits per heavy atom. The van der Waals surface area contributed by atoms with Crippen molar-refractivity contribution in [3.8, 4) is 23.1 Å². The number of nitrogens with zero attached hydrogens (tertiary/aromatic N) is 4. The van der Waals surface area contributed by atoms with Crippen LogP contribution in [0.25, 0.3) is 22.4 Å². The molecule has 5 aromatic rings. The Hall–Kier alpha value is -4.41. The van der Waals surface area contributed by atoms with Crippen molar-refractivity contribution in [2.45, 2.75) is 19.9 Å². The van der Waals surface area contributed by atoms with Crippen LogP contribution >= 0.6 is 0 Å². The second-order valence-corrected chi connectivity index (χ2v) is 8.08. The van der Waals surface area contributed by atoms with E-state index in [2.05, 4.69) is 27.5 Å². The molecular formula is C27H24N6O. The van der Waals surface area contributed by atoms with Gasteiger partial charge in [0.1, 0.15) is 17.2 Å². The van der Waals surface area contributed by atoms with E-state index in [4.69, 9.17) is 4.98 Å². The van der Waals surface area contributed by atoms with Crippen molar-refractivity contribution in [2.75, 3.05) is 12.4 Å². The van der Waals surface area contributed by atoms with Crippen molar-refractivity contribution in [3.05, 3.63) is 90.1 Å². The number of hydrogen-bond donors (Lipinski definition) is 2. The van der Waals surface area contributed by atoms with Crippen LogP contribution < -0.4 is 10.6 Å². The van der Waals surface area contributed by atoms with Gasteiger partial charge in [0, 0.05) is 35.2 Å². The number of amides is 1. The summed E-state index contributed by atoms with van der Waals surface area (Å²) in [6, 6.07) is 17.4. The molecule has 1 amide bonds. The summed E-state index contributed by atoms with van der Waals surface area (Å²) in [5, 5.41) is 5.81. The van der Waals surface area contributed by atoms with Gasteiger partial charge in [0.05, 0.1) is 17.4 Å². The summed E-state index contributed by atoms with van der Waals surface area (Å²) in [7, 11) is 1.74. The van der Waals surface area contributed by atoms with Crippen molar-refractivity contribution in [1.29, 1.82) is 0 Å². The molecule has 5 rings (SSSR count). The van der Waals surface area contributed by atoms with Crippen LogP contribution in [0.5, 0.6) is 0 Å². The molecule has 0 aromatic carbocycles. The van der Waals surface area contributed by atoms with E-state index in [1.165, 1.54) is 0 Å². The lowest BCUT2D eigenvalue weighted by Gasteiger charge is -2.12. The van der Waals surface area contributed by atoms with E-state index >= 15 is 0 Å². The fourth-order valence-electron chi connectivity index (χ4n) is 3.86. The summed E-state index contributed by atoms with van der Waals surface area (Å²) in [6.07, 6.45) is 5.96. The Morgan fingerprint density at radius 1 is 1.00 bits per heavy atom. The van der Waals surface area contributed by atoms with Gasteiger partial charge in [-0.25, -0.2) is 9.97 Å². The quantitative estimate of drug-likeness (QED) is 0.409. The smallest absolute Gasteiger partial charge is 0.242 e. The Bertz CT molecular complexity index is 1580. The standard InChI is InChI=1S/C27H24N6O/c1-18-26(33-16-5-4-8-25(33)29-18)22-12-14-24(31-27(34)19(2)28-3)30-23(22)13-10-20-9-11-21-7-6-15-32(21)17-20/h4-9,11-12,14-17,19,28H,1-3H3,(H,30,31,34). The van der Waals surface area contributed by atoms with Gasteiger partial charge in [-0.3, -0.25) is 9.20 Å². The summed E-state index contributed by atoms with van der Waals surface area (Å²) in [4.78, 5) is 21.8. The van der Waals surface area contributed by atoms with Crippen molar-refractivity contribution in [3.63, 3.8) is 0 Å². The fraction of sp³-hybridized carbons (Fsp3) is 0.148. The number of aromatic nitrogens is 4. The second kappa shape index (κ2) is 8.85. The minimum Gasteiger partial charge on any atom is -0.323 e. The number of rotatable bonds is 4. The van der Waals surface area contributed by atoms with Gasteiger partial charge in [-0.1, -0.05) is 12.0 Å². The maximum absolute atomic E-state index is 12.4. The molecule has 0 aliphatic heterocycles. The third-order valence-corrected chi connectivity index (χ3v) is 5.78. The maximum atomic E-state index is 12.4. The van der Waals surface area contributed by atoms with Gasteiger partial charge >= 0.3 is 0 Å². The van der Waals surface area contributed by atoms with Crippen molar-refractivity contribution in [2.24, 2.45) is 0 Å². The Balaban J connectivity index is 1.62. The van der Waals surface area contributed by atoms with Gasteiger partial charge in [-0.05, 0) is 75.3 Å². The molecule has 0 spiro atoms. The topological polar surface area (TPSA) is 75.7 Å². The number of carbonyl (C=O) groups excluding carboxylic acids is 1. The van der Waals surface area contributed by atoms with Gasteiger partial charge in [0.25, 0.3) is 0 Å². The highest BCUT2D eigenvalue weighted by molar-refractivity contribution is 5.94. The molecular weight excluding hydrogens is 424 g/mol. The number of carbonyl (C=O) groups is 1. The van der Waals surface area contributed by atoms with Crippen LogP contribution in [0.2, 0.25) is 0 Å². The van der Waals surface area contributed by atoms with Crippen molar-refractivity contribution >= 4 is 22.9 Å². The van der Waals surface area contributed by atoms with E-state index in [0.29, 0.717) is 11.5 Å². The lowest BCUT2D eigenvalue weighted by atomic mass is 10.1. The van der Waals surface area contributed by atoms with E-state index in [0.717, 1.165) is 33.7 Å². The number of nitrogens with one attached hydrogen (secondary N) is 2. The average molecular weight is 449 g/mol. The van der Waals surface area contributed by atoms with Crippen LogP contribution in [0.15, 0.2) is 73.2 Å². The van der Waals surface area contributed by atoms with E-state index in [1.54, 1.807) is 20.0 Å². The molecule has 0 saturated carbocycles. The molecule has 1 atom stereocenters.